The number of unbranched alkanes of at least 4 members (excludes halogenated alkanes) is 2. The summed E-state index contributed by atoms with van der Waals surface area (Å²) in [6.45, 7) is 4.02. The van der Waals surface area contributed by atoms with Gasteiger partial charge in [0, 0.05) is 6.54 Å². The molecule has 0 saturated heterocycles. The normalized spacial score (nSPS) is 10.8. The zero-order chi connectivity index (χ0) is 11.8. The average molecular weight is 221 g/mol. The van der Waals surface area contributed by atoms with E-state index in [1.165, 1.54) is 18.4 Å². The Morgan fingerprint density at radius 1 is 1.06 bits per heavy atom. The molecule has 0 fully saturated rings. The molecule has 1 aromatic rings. The fourth-order valence-electron chi connectivity index (χ4n) is 1.60. The SMILES string of the molecule is CCCCCOc1ccc(CN(C)C)cc1. The van der Waals surface area contributed by atoms with Crippen LogP contribution in [-0.2, 0) is 6.54 Å². The lowest BCUT2D eigenvalue weighted by atomic mass is 10.2. The maximum absolute atomic E-state index is 5.65. The number of hydrogen-bond donors (Lipinski definition) is 0. The highest BCUT2D eigenvalue weighted by atomic mass is 16.5. The predicted molar refractivity (Wildman–Crippen MR) is 68.9 cm³/mol. The van der Waals surface area contributed by atoms with Gasteiger partial charge in [-0.15, -0.1) is 0 Å². The minimum absolute atomic E-state index is 0.834. The van der Waals surface area contributed by atoms with Gasteiger partial charge >= 0.3 is 0 Å². The van der Waals surface area contributed by atoms with Crippen molar-refractivity contribution in [3.05, 3.63) is 29.8 Å². The first kappa shape index (κ1) is 13.0. The highest BCUT2D eigenvalue weighted by molar-refractivity contribution is 5.27. The van der Waals surface area contributed by atoms with E-state index in [9.17, 15) is 0 Å². The van der Waals surface area contributed by atoms with Gasteiger partial charge < -0.3 is 9.64 Å². The third kappa shape index (κ3) is 5.17. The Balaban J connectivity index is 2.33. The second-order valence-corrected chi connectivity index (χ2v) is 4.44. The molecule has 2 nitrogen and oxygen atoms in total. The molecule has 0 saturated carbocycles. The fraction of sp³-hybridized carbons (Fsp3) is 0.571. The largest absolute Gasteiger partial charge is 0.494 e. The summed E-state index contributed by atoms with van der Waals surface area (Å²) < 4.78 is 5.65. The highest BCUT2D eigenvalue weighted by Crippen LogP contribution is 2.13. The maximum atomic E-state index is 5.65. The van der Waals surface area contributed by atoms with Crippen molar-refractivity contribution in [1.82, 2.24) is 4.90 Å². The molecule has 16 heavy (non-hydrogen) atoms. The van der Waals surface area contributed by atoms with E-state index in [0.717, 1.165) is 25.3 Å². The Kier molecular flexibility index (Phi) is 5.94. The first-order chi connectivity index (χ1) is 7.72. The van der Waals surface area contributed by atoms with Crippen LogP contribution in [0.15, 0.2) is 24.3 Å². The van der Waals surface area contributed by atoms with Crippen LogP contribution in [0.25, 0.3) is 0 Å². The lowest BCUT2D eigenvalue weighted by molar-refractivity contribution is 0.306. The van der Waals surface area contributed by atoms with E-state index in [-0.39, 0.29) is 0 Å². The van der Waals surface area contributed by atoms with E-state index >= 15 is 0 Å². The minimum Gasteiger partial charge on any atom is -0.494 e. The third-order valence-electron chi connectivity index (χ3n) is 2.44. The minimum atomic E-state index is 0.834. The van der Waals surface area contributed by atoms with Crippen LogP contribution in [0.1, 0.15) is 31.7 Å². The van der Waals surface area contributed by atoms with Gasteiger partial charge in [-0.25, -0.2) is 0 Å². The van der Waals surface area contributed by atoms with Gasteiger partial charge in [0.05, 0.1) is 6.61 Å². The van der Waals surface area contributed by atoms with Crippen LogP contribution in [0.4, 0.5) is 0 Å². The molecule has 0 N–H and O–H groups in total. The number of ether oxygens (including phenoxy) is 1. The Morgan fingerprint density at radius 3 is 2.31 bits per heavy atom. The summed E-state index contributed by atoms with van der Waals surface area (Å²) >= 11 is 0. The summed E-state index contributed by atoms with van der Waals surface area (Å²) in [6.07, 6.45) is 3.64. The maximum Gasteiger partial charge on any atom is 0.119 e. The van der Waals surface area contributed by atoms with Crippen molar-refractivity contribution < 1.29 is 4.74 Å². The summed E-state index contributed by atoms with van der Waals surface area (Å²) in [5.41, 5.74) is 1.32. The molecule has 0 aromatic heterocycles. The first-order valence-corrected chi connectivity index (χ1v) is 6.09. The van der Waals surface area contributed by atoms with Gasteiger partial charge in [-0.2, -0.15) is 0 Å². The molecule has 1 rings (SSSR count). The highest BCUT2D eigenvalue weighted by Gasteiger charge is 1.97. The van der Waals surface area contributed by atoms with Gasteiger partial charge in [0.25, 0.3) is 0 Å². The van der Waals surface area contributed by atoms with Gasteiger partial charge in [0.15, 0.2) is 0 Å². The molecule has 0 radical (unpaired) electrons. The Morgan fingerprint density at radius 2 is 1.75 bits per heavy atom. The molecule has 0 bridgehead atoms. The van der Waals surface area contributed by atoms with Crippen molar-refractivity contribution in [3.63, 3.8) is 0 Å². The predicted octanol–water partition coefficient (Wildman–Crippen LogP) is 3.32. The smallest absolute Gasteiger partial charge is 0.119 e. The van der Waals surface area contributed by atoms with Gasteiger partial charge in [-0.1, -0.05) is 31.9 Å². The van der Waals surface area contributed by atoms with Gasteiger partial charge in [0.2, 0.25) is 0 Å². The number of hydrogen-bond acceptors (Lipinski definition) is 2. The summed E-state index contributed by atoms with van der Waals surface area (Å²) in [6, 6.07) is 8.39. The molecule has 0 amide bonds. The monoisotopic (exact) mass is 221 g/mol. The number of benzene rings is 1. The van der Waals surface area contributed by atoms with Crippen molar-refractivity contribution in [2.45, 2.75) is 32.7 Å². The molecule has 0 aliphatic rings. The Labute approximate surface area is 99.2 Å². The summed E-state index contributed by atoms with van der Waals surface area (Å²) in [7, 11) is 4.16. The quantitative estimate of drug-likeness (QED) is 0.655. The van der Waals surface area contributed by atoms with Crippen LogP contribution in [0, 0.1) is 0 Å². The second-order valence-electron chi connectivity index (χ2n) is 4.44. The molecule has 0 heterocycles. The van der Waals surface area contributed by atoms with Crippen LogP contribution >= 0.6 is 0 Å². The van der Waals surface area contributed by atoms with Crippen LogP contribution in [0.2, 0.25) is 0 Å². The standard InChI is InChI=1S/C14H23NO/c1-4-5-6-11-16-14-9-7-13(8-10-14)12-15(2)3/h7-10H,4-6,11-12H2,1-3H3. The molecule has 0 aliphatic heterocycles. The molecule has 2 heteroatoms. The van der Waals surface area contributed by atoms with E-state index in [2.05, 4.69) is 50.2 Å². The second kappa shape index (κ2) is 7.29. The van der Waals surface area contributed by atoms with Crippen molar-refractivity contribution >= 4 is 0 Å². The van der Waals surface area contributed by atoms with Crippen molar-refractivity contribution in [3.8, 4) is 5.75 Å². The zero-order valence-electron chi connectivity index (χ0n) is 10.7. The van der Waals surface area contributed by atoms with E-state index in [1.807, 2.05) is 0 Å². The molecule has 90 valence electrons. The number of nitrogens with zero attached hydrogens (tertiary/aromatic N) is 1. The lowest BCUT2D eigenvalue weighted by Crippen LogP contribution is -2.10. The van der Waals surface area contributed by atoms with Crippen LogP contribution in [0.5, 0.6) is 5.75 Å². The van der Waals surface area contributed by atoms with Crippen molar-refractivity contribution in [1.29, 1.82) is 0 Å². The lowest BCUT2D eigenvalue weighted by Gasteiger charge is -2.10. The first-order valence-electron chi connectivity index (χ1n) is 6.09. The average Bonchev–Trinajstić information content (AvgIpc) is 2.26. The molecular weight excluding hydrogens is 198 g/mol. The molecule has 0 aliphatic carbocycles. The van der Waals surface area contributed by atoms with Crippen molar-refractivity contribution in [2.24, 2.45) is 0 Å². The fourth-order valence-corrected chi connectivity index (χ4v) is 1.60. The molecular formula is C14H23NO. The Hall–Kier alpha value is -1.02. The van der Waals surface area contributed by atoms with E-state index in [1.54, 1.807) is 0 Å². The van der Waals surface area contributed by atoms with Gasteiger partial charge in [-0.3, -0.25) is 0 Å². The van der Waals surface area contributed by atoms with Crippen LogP contribution in [0.3, 0.4) is 0 Å². The van der Waals surface area contributed by atoms with Crippen LogP contribution < -0.4 is 4.74 Å². The van der Waals surface area contributed by atoms with E-state index in [0.29, 0.717) is 0 Å². The summed E-state index contributed by atoms with van der Waals surface area (Å²) in [5.74, 6) is 0.985. The molecule has 1 aromatic carbocycles. The zero-order valence-corrected chi connectivity index (χ0v) is 10.7. The third-order valence-corrected chi connectivity index (χ3v) is 2.44. The molecule has 0 atom stereocenters. The number of rotatable bonds is 7. The summed E-state index contributed by atoms with van der Waals surface area (Å²) in [5, 5.41) is 0. The van der Waals surface area contributed by atoms with E-state index in [4.69, 9.17) is 4.74 Å². The van der Waals surface area contributed by atoms with Gasteiger partial charge in [-0.05, 0) is 38.2 Å². The van der Waals surface area contributed by atoms with Gasteiger partial charge in [0.1, 0.15) is 5.75 Å². The Bertz CT molecular complexity index is 279. The molecule has 0 unspecified atom stereocenters. The molecule has 0 spiro atoms. The summed E-state index contributed by atoms with van der Waals surface area (Å²) in [4.78, 5) is 2.16. The topological polar surface area (TPSA) is 12.5 Å². The van der Waals surface area contributed by atoms with E-state index < -0.39 is 0 Å². The van der Waals surface area contributed by atoms with Crippen molar-refractivity contribution in [2.75, 3.05) is 20.7 Å². The van der Waals surface area contributed by atoms with Crippen LogP contribution in [-0.4, -0.2) is 25.6 Å².